The summed E-state index contributed by atoms with van der Waals surface area (Å²) in [5.74, 6) is -1.92. The van der Waals surface area contributed by atoms with Crippen molar-refractivity contribution in [2.45, 2.75) is 6.92 Å². The highest BCUT2D eigenvalue weighted by molar-refractivity contribution is 6.08. The van der Waals surface area contributed by atoms with Crippen LogP contribution in [0.2, 0.25) is 0 Å². The zero-order valence-corrected chi connectivity index (χ0v) is 16.9. The van der Waals surface area contributed by atoms with E-state index in [4.69, 9.17) is 11.5 Å². The highest BCUT2D eigenvalue weighted by Crippen LogP contribution is 2.30. The Kier molecular flexibility index (Phi) is 5.46. The molecule has 0 saturated carbocycles. The number of carbonyl (C=O) groups excluding carboxylic acids is 1. The van der Waals surface area contributed by atoms with Gasteiger partial charge < -0.3 is 16.8 Å². The first kappa shape index (κ1) is 20.9. The number of pyridine rings is 3. The van der Waals surface area contributed by atoms with Crippen molar-refractivity contribution >= 4 is 23.1 Å². The summed E-state index contributed by atoms with van der Waals surface area (Å²) in [6.07, 6.45) is 3.04. The number of halogens is 2. The molecule has 32 heavy (non-hydrogen) atoms. The molecule has 9 heteroatoms. The van der Waals surface area contributed by atoms with Crippen molar-refractivity contribution in [1.82, 2.24) is 15.0 Å². The monoisotopic (exact) mass is 432 g/mol. The highest BCUT2D eigenvalue weighted by atomic mass is 19.1. The van der Waals surface area contributed by atoms with Crippen molar-refractivity contribution < 1.29 is 13.6 Å². The zero-order chi connectivity index (χ0) is 22.8. The first-order valence-electron chi connectivity index (χ1n) is 9.54. The molecule has 3 heterocycles. The molecule has 0 unspecified atom stereocenters. The summed E-state index contributed by atoms with van der Waals surface area (Å²) in [4.78, 5) is 25.3. The van der Waals surface area contributed by atoms with Gasteiger partial charge in [0.25, 0.3) is 5.91 Å². The van der Waals surface area contributed by atoms with Crippen LogP contribution in [0.1, 0.15) is 16.2 Å². The van der Waals surface area contributed by atoms with Gasteiger partial charge >= 0.3 is 0 Å². The van der Waals surface area contributed by atoms with E-state index >= 15 is 0 Å². The number of aromatic nitrogens is 3. The SMILES string of the molecule is Cc1cc(-c2ccncc2NC(=O)c2nc(-c3c(F)cccc3F)ccc2N)cc(N)n1. The van der Waals surface area contributed by atoms with E-state index in [9.17, 15) is 13.6 Å². The molecule has 0 aliphatic rings. The van der Waals surface area contributed by atoms with Crippen LogP contribution in [0, 0.1) is 18.6 Å². The van der Waals surface area contributed by atoms with E-state index in [-0.39, 0.29) is 22.6 Å². The molecule has 0 bridgehead atoms. The van der Waals surface area contributed by atoms with Gasteiger partial charge in [-0.3, -0.25) is 9.78 Å². The highest BCUT2D eigenvalue weighted by Gasteiger charge is 2.19. The molecule has 3 aromatic heterocycles. The smallest absolute Gasteiger partial charge is 0.276 e. The average Bonchev–Trinajstić information content (AvgIpc) is 2.74. The summed E-state index contributed by atoms with van der Waals surface area (Å²) in [6.45, 7) is 1.80. The van der Waals surface area contributed by atoms with Crippen LogP contribution >= 0.6 is 0 Å². The Bertz CT molecular complexity index is 1300. The minimum absolute atomic E-state index is 0.0520. The number of nitrogens with one attached hydrogen (secondary N) is 1. The van der Waals surface area contributed by atoms with Gasteiger partial charge in [0.2, 0.25) is 0 Å². The van der Waals surface area contributed by atoms with E-state index < -0.39 is 17.5 Å². The third-order valence-corrected chi connectivity index (χ3v) is 4.71. The first-order valence-corrected chi connectivity index (χ1v) is 9.54. The number of anilines is 3. The molecule has 0 atom stereocenters. The predicted octanol–water partition coefficient (Wildman–Crippen LogP) is 4.21. The number of benzene rings is 1. The second-order valence-corrected chi connectivity index (χ2v) is 7.03. The van der Waals surface area contributed by atoms with E-state index in [1.807, 2.05) is 6.07 Å². The molecule has 160 valence electrons. The van der Waals surface area contributed by atoms with Gasteiger partial charge in [-0.2, -0.15) is 0 Å². The molecule has 0 saturated heterocycles. The van der Waals surface area contributed by atoms with Crippen LogP contribution in [-0.2, 0) is 0 Å². The fourth-order valence-electron chi connectivity index (χ4n) is 3.31. The van der Waals surface area contributed by atoms with Crippen LogP contribution in [0.5, 0.6) is 0 Å². The van der Waals surface area contributed by atoms with Crippen LogP contribution in [0.3, 0.4) is 0 Å². The minimum atomic E-state index is -0.797. The van der Waals surface area contributed by atoms with Crippen molar-refractivity contribution in [3.8, 4) is 22.4 Å². The average molecular weight is 432 g/mol. The molecule has 4 aromatic rings. The van der Waals surface area contributed by atoms with Gasteiger partial charge in [-0.05, 0) is 55.0 Å². The molecule has 5 N–H and O–H groups in total. The number of nitrogen functional groups attached to an aromatic ring is 2. The molecule has 4 rings (SSSR count). The molecule has 7 nitrogen and oxygen atoms in total. The second kappa shape index (κ2) is 8.38. The number of amides is 1. The van der Waals surface area contributed by atoms with Crippen LogP contribution in [0.15, 0.2) is 60.9 Å². The molecule has 0 aliphatic carbocycles. The maximum atomic E-state index is 14.2. The predicted molar refractivity (Wildman–Crippen MR) is 119 cm³/mol. The van der Waals surface area contributed by atoms with Crippen molar-refractivity contribution in [3.63, 3.8) is 0 Å². The van der Waals surface area contributed by atoms with Gasteiger partial charge in [-0.1, -0.05) is 6.07 Å². The Morgan fingerprint density at radius 2 is 1.75 bits per heavy atom. The van der Waals surface area contributed by atoms with E-state index in [2.05, 4.69) is 20.3 Å². The van der Waals surface area contributed by atoms with Crippen molar-refractivity contribution in [2.24, 2.45) is 0 Å². The number of hydrogen-bond donors (Lipinski definition) is 3. The van der Waals surface area contributed by atoms with Gasteiger partial charge in [0, 0.05) is 17.5 Å². The first-order chi connectivity index (χ1) is 15.3. The lowest BCUT2D eigenvalue weighted by Gasteiger charge is -2.13. The van der Waals surface area contributed by atoms with Gasteiger partial charge in [0.05, 0.1) is 28.8 Å². The Morgan fingerprint density at radius 1 is 1.00 bits per heavy atom. The number of aryl methyl sites for hydroxylation is 1. The fourth-order valence-corrected chi connectivity index (χ4v) is 3.31. The Labute approximate surface area is 182 Å². The summed E-state index contributed by atoms with van der Waals surface area (Å²) < 4.78 is 28.4. The molecular formula is C23H18F2N6O. The fraction of sp³-hybridized carbons (Fsp3) is 0.0435. The maximum absolute atomic E-state index is 14.2. The van der Waals surface area contributed by atoms with E-state index in [0.29, 0.717) is 22.8 Å². The lowest BCUT2D eigenvalue weighted by atomic mass is 10.1. The number of rotatable bonds is 4. The van der Waals surface area contributed by atoms with Crippen LogP contribution in [-0.4, -0.2) is 20.9 Å². The lowest BCUT2D eigenvalue weighted by Crippen LogP contribution is -2.17. The zero-order valence-electron chi connectivity index (χ0n) is 16.9. The van der Waals surface area contributed by atoms with Crippen molar-refractivity contribution in [2.75, 3.05) is 16.8 Å². The number of carbonyl (C=O) groups is 1. The standard InChI is InChI=1S/C23H18F2N6O/c1-12-9-13(10-20(27)29-12)14-7-8-28-11-19(14)31-23(32)22-17(26)5-6-18(30-22)21-15(24)3-2-4-16(21)25/h2-11H,26H2,1H3,(H2,27,29)(H,31,32). The maximum Gasteiger partial charge on any atom is 0.276 e. The largest absolute Gasteiger partial charge is 0.397 e. The summed E-state index contributed by atoms with van der Waals surface area (Å²) in [5, 5.41) is 2.72. The third-order valence-electron chi connectivity index (χ3n) is 4.71. The Morgan fingerprint density at radius 3 is 2.47 bits per heavy atom. The second-order valence-electron chi connectivity index (χ2n) is 7.03. The summed E-state index contributed by atoms with van der Waals surface area (Å²) in [5.41, 5.74) is 13.7. The number of nitrogens with two attached hydrogens (primary N) is 2. The molecule has 0 radical (unpaired) electrons. The van der Waals surface area contributed by atoms with Gasteiger partial charge in [0.15, 0.2) is 5.69 Å². The normalized spacial score (nSPS) is 10.7. The van der Waals surface area contributed by atoms with Crippen LogP contribution in [0.4, 0.5) is 26.0 Å². The quantitative estimate of drug-likeness (QED) is 0.444. The summed E-state index contributed by atoms with van der Waals surface area (Å²) in [6, 6.07) is 11.4. The van der Waals surface area contributed by atoms with Gasteiger partial charge in [-0.25, -0.2) is 18.7 Å². The molecule has 0 fully saturated rings. The number of hydrogen-bond acceptors (Lipinski definition) is 6. The molecule has 1 aromatic carbocycles. The van der Waals surface area contributed by atoms with E-state index in [0.717, 1.165) is 17.7 Å². The van der Waals surface area contributed by atoms with Gasteiger partial charge in [-0.15, -0.1) is 0 Å². The van der Waals surface area contributed by atoms with Gasteiger partial charge in [0.1, 0.15) is 17.5 Å². The van der Waals surface area contributed by atoms with Crippen molar-refractivity contribution in [3.05, 3.63) is 83.9 Å². The number of nitrogens with zero attached hydrogens (tertiary/aromatic N) is 3. The minimum Gasteiger partial charge on any atom is -0.397 e. The molecular weight excluding hydrogens is 414 g/mol. The topological polar surface area (TPSA) is 120 Å². The summed E-state index contributed by atoms with van der Waals surface area (Å²) >= 11 is 0. The Hall–Kier alpha value is -4.40. The van der Waals surface area contributed by atoms with E-state index in [1.165, 1.54) is 24.4 Å². The van der Waals surface area contributed by atoms with Crippen LogP contribution in [0.25, 0.3) is 22.4 Å². The molecule has 1 amide bonds. The molecule has 0 aliphatic heterocycles. The summed E-state index contributed by atoms with van der Waals surface area (Å²) in [7, 11) is 0. The Balaban J connectivity index is 1.72. The van der Waals surface area contributed by atoms with Crippen molar-refractivity contribution in [1.29, 1.82) is 0 Å². The third kappa shape index (κ3) is 4.08. The molecule has 0 spiro atoms. The lowest BCUT2D eigenvalue weighted by molar-refractivity contribution is 0.102. The van der Waals surface area contributed by atoms with E-state index in [1.54, 1.807) is 25.3 Å². The van der Waals surface area contributed by atoms with Crippen LogP contribution < -0.4 is 16.8 Å².